The van der Waals surface area contributed by atoms with Crippen LogP contribution >= 0.6 is 0 Å². The normalized spacial score (nSPS) is 27.8. The van der Waals surface area contributed by atoms with Crippen molar-refractivity contribution < 1.29 is 15.0 Å². The average Bonchev–Trinajstić information content (AvgIpc) is 3.49. The van der Waals surface area contributed by atoms with E-state index < -0.39 is 6.10 Å². The van der Waals surface area contributed by atoms with Crippen molar-refractivity contribution in [3.05, 3.63) is 59.2 Å². The summed E-state index contributed by atoms with van der Waals surface area (Å²) in [5, 5.41) is 21.1. The number of allylic oxidation sites excluding steroid dienone is 2. The Kier molecular flexibility index (Phi) is 8.43. The van der Waals surface area contributed by atoms with Gasteiger partial charge in [-0.25, -0.2) is 0 Å². The lowest BCUT2D eigenvalue weighted by molar-refractivity contribution is -0.130. The first-order valence-corrected chi connectivity index (χ1v) is 13.1. The van der Waals surface area contributed by atoms with Crippen LogP contribution in [0, 0.1) is 24.7 Å². The van der Waals surface area contributed by atoms with Crippen LogP contribution in [-0.2, 0) is 11.2 Å². The smallest absolute Gasteiger partial charge is 0.222 e. The number of nitrogens with zero attached hydrogens (tertiary/aromatic N) is 1. The minimum atomic E-state index is -0.518. The summed E-state index contributed by atoms with van der Waals surface area (Å²) < 4.78 is 0. The minimum absolute atomic E-state index is 0.133. The predicted octanol–water partition coefficient (Wildman–Crippen LogP) is 4.97. The van der Waals surface area contributed by atoms with Gasteiger partial charge >= 0.3 is 0 Å². The average molecular weight is 452 g/mol. The summed E-state index contributed by atoms with van der Waals surface area (Å²) in [6.45, 7) is 3.98. The summed E-state index contributed by atoms with van der Waals surface area (Å²) in [6.07, 6.45) is 15.5. The molecule has 4 heteroatoms. The Morgan fingerprint density at radius 2 is 2.03 bits per heavy atom. The first kappa shape index (κ1) is 24.2. The lowest BCUT2D eigenvalue weighted by atomic mass is 9.88. The molecule has 0 radical (unpaired) electrons. The van der Waals surface area contributed by atoms with Gasteiger partial charge in [0.2, 0.25) is 5.91 Å². The number of aryl methyl sites for hydroxylation is 1. The molecule has 1 saturated heterocycles. The Balaban J connectivity index is 1.18. The van der Waals surface area contributed by atoms with E-state index in [4.69, 9.17) is 0 Å². The second-order valence-corrected chi connectivity index (χ2v) is 10.5. The quantitative estimate of drug-likeness (QED) is 0.390. The standard InChI is InChI=1S/C29H41NO3/c1-21-8-7-10-22(16-21)18-25(31)12-13-26-27-19-23(17-24(27)20-28(26)32)9-3-2-4-11-29(33)30-14-5-6-15-30/h7-8,10,12-13,16-17,24-28,31-32H,2-6,9,11,14-15,18-20H2,1H3/t24-,25+,26+,27-,28+/m0/s1. The van der Waals surface area contributed by atoms with Gasteiger partial charge in [0.15, 0.2) is 0 Å². The Morgan fingerprint density at radius 1 is 1.21 bits per heavy atom. The van der Waals surface area contributed by atoms with Crippen LogP contribution in [-0.4, -0.2) is 46.3 Å². The largest absolute Gasteiger partial charge is 0.392 e. The Bertz CT molecular complexity index is 854. The van der Waals surface area contributed by atoms with Gasteiger partial charge < -0.3 is 15.1 Å². The molecular weight excluding hydrogens is 410 g/mol. The van der Waals surface area contributed by atoms with Crippen LogP contribution in [0.1, 0.15) is 68.9 Å². The summed E-state index contributed by atoms with van der Waals surface area (Å²) in [4.78, 5) is 14.2. The molecule has 0 aromatic heterocycles. The molecule has 4 rings (SSSR count). The van der Waals surface area contributed by atoms with E-state index >= 15 is 0 Å². The van der Waals surface area contributed by atoms with Gasteiger partial charge in [0.05, 0.1) is 12.2 Å². The van der Waals surface area contributed by atoms with Crippen molar-refractivity contribution >= 4 is 5.91 Å². The number of aliphatic hydroxyl groups excluding tert-OH is 2. The molecule has 180 valence electrons. The Hall–Kier alpha value is -1.91. The topological polar surface area (TPSA) is 60.8 Å². The zero-order valence-electron chi connectivity index (χ0n) is 20.2. The van der Waals surface area contributed by atoms with Crippen LogP contribution in [0.2, 0.25) is 0 Å². The highest BCUT2D eigenvalue weighted by molar-refractivity contribution is 5.76. The van der Waals surface area contributed by atoms with Crippen molar-refractivity contribution in [1.82, 2.24) is 4.90 Å². The molecule has 0 spiro atoms. The van der Waals surface area contributed by atoms with Crippen LogP contribution < -0.4 is 0 Å². The number of carbonyl (C=O) groups is 1. The van der Waals surface area contributed by atoms with E-state index in [0.717, 1.165) is 57.2 Å². The fourth-order valence-corrected chi connectivity index (χ4v) is 6.13. The van der Waals surface area contributed by atoms with Gasteiger partial charge in [-0.2, -0.15) is 0 Å². The second kappa shape index (κ2) is 11.5. The molecular formula is C29H41NO3. The van der Waals surface area contributed by atoms with E-state index in [2.05, 4.69) is 37.3 Å². The molecule has 2 N–H and O–H groups in total. The molecule has 0 unspecified atom stereocenters. The molecule has 2 aliphatic carbocycles. The van der Waals surface area contributed by atoms with Gasteiger partial charge in [-0.05, 0) is 69.3 Å². The SMILES string of the molecule is Cc1cccc(C[C@H](O)C=C[C@@H]2[C@H]3CC(CCCCCC(=O)N4CCCC4)=C[C@H]3C[C@H]2O)c1. The lowest BCUT2D eigenvalue weighted by Gasteiger charge is -2.19. The van der Waals surface area contributed by atoms with Crippen molar-refractivity contribution in [3.8, 4) is 0 Å². The maximum atomic E-state index is 12.2. The summed E-state index contributed by atoms with van der Waals surface area (Å²) in [6, 6.07) is 8.27. The van der Waals surface area contributed by atoms with Crippen molar-refractivity contribution in [3.63, 3.8) is 0 Å². The third-order valence-electron chi connectivity index (χ3n) is 7.88. The molecule has 2 fully saturated rings. The molecule has 4 nitrogen and oxygen atoms in total. The predicted molar refractivity (Wildman–Crippen MR) is 133 cm³/mol. The van der Waals surface area contributed by atoms with Crippen molar-refractivity contribution in [1.29, 1.82) is 0 Å². The number of benzene rings is 1. The number of hydrogen-bond acceptors (Lipinski definition) is 3. The molecule has 1 aromatic rings. The van der Waals surface area contributed by atoms with Crippen LogP contribution in [0.3, 0.4) is 0 Å². The first-order valence-electron chi connectivity index (χ1n) is 13.1. The lowest BCUT2D eigenvalue weighted by Crippen LogP contribution is -2.27. The zero-order valence-corrected chi connectivity index (χ0v) is 20.2. The molecule has 1 amide bonds. The van der Waals surface area contributed by atoms with E-state index in [0.29, 0.717) is 30.6 Å². The van der Waals surface area contributed by atoms with Crippen molar-refractivity contribution in [2.75, 3.05) is 13.1 Å². The highest BCUT2D eigenvalue weighted by Gasteiger charge is 2.43. The van der Waals surface area contributed by atoms with Crippen molar-refractivity contribution in [2.45, 2.75) is 83.3 Å². The number of amides is 1. The first-order chi connectivity index (χ1) is 16.0. The molecule has 1 saturated carbocycles. The molecule has 1 aliphatic heterocycles. The number of rotatable bonds is 10. The summed E-state index contributed by atoms with van der Waals surface area (Å²) in [5.41, 5.74) is 3.88. The Morgan fingerprint density at radius 3 is 2.82 bits per heavy atom. The van der Waals surface area contributed by atoms with Gasteiger partial charge in [-0.3, -0.25) is 4.79 Å². The summed E-state index contributed by atoms with van der Waals surface area (Å²) >= 11 is 0. The zero-order chi connectivity index (χ0) is 23.2. The number of fused-ring (bicyclic) bond motifs is 1. The van der Waals surface area contributed by atoms with Gasteiger partial charge in [0.1, 0.15) is 0 Å². The van der Waals surface area contributed by atoms with Gasteiger partial charge in [0, 0.05) is 31.8 Å². The van der Waals surface area contributed by atoms with Gasteiger partial charge in [-0.15, -0.1) is 0 Å². The van der Waals surface area contributed by atoms with E-state index in [9.17, 15) is 15.0 Å². The third kappa shape index (κ3) is 6.58. The number of hydrogen-bond donors (Lipinski definition) is 2. The van der Waals surface area contributed by atoms with E-state index in [1.807, 2.05) is 17.0 Å². The monoisotopic (exact) mass is 451 g/mol. The Labute approximate surface area is 199 Å². The van der Waals surface area contributed by atoms with Crippen LogP contribution in [0.15, 0.2) is 48.1 Å². The van der Waals surface area contributed by atoms with Crippen LogP contribution in [0.5, 0.6) is 0 Å². The fraction of sp³-hybridized carbons (Fsp3) is 0.621. The minimum Gasteiger partial charge on any atom is -0.392 e. The van der Waals surface area contributed by atoms with Crippen LogP contribution in [0.4, 0.5) is 0 Å². The van der Waals surface area contributed by atoms with E-state index in [-0.39, 0.29) is 12.0 Å². The van der Waals surface area contributed by atoms with Gasteiger partial charge in [0.25, 0.3) is 0 Å². The number of carbonyl (C=O) groups excluding carboxylic acids is 1. The number of likely N-dealkylation sites (tertiary alicyclic amines) is 1. The van der Waals surface area contributed by atoms with Crippen LogP contribution in [0.25, 0.3) is 0 Å². The number of unbranched alkanes of at least 4 members (excludes halogenated alkanes) is 2. The molecule has 3 aliphatic rings. The fourth-order valence-electron chi connectivity index (χ4n) is 6.13. The summed E-state index contributed by atoms with van der Waals surface area (Å²) in [7, 11) is 0. The van der Waals surface area contributed by atoms with Crippen molar-refractivity contribution in [2.24, 2.45) is 17.8 Å². The molecule has 0 bridgehead atoms. The molecule has 1 aromatic carbocycles. The molecule has 33 heavy (non-hydrogen) atoms. The highest BCUT2D eigenvalue weighted by atomic mass is 16.3. The van der Waals surface area contributed by atoms with Gasteiger partial charge in [-0.1, -0.05) is 60.1 Å². The summed E-state index contributed by atoms with van der Waals surface area (Å²) in [5.74, 6) is 1.41. The molecule has 5 atom stereocenters. The maximum Gasteiger partial charge on any atom is 0.222 e. The second-order valence-electron chi connectivity index (χ2n) is 10.5. The molecule has 1 heterocycles. The maximum absolute atomic E-state index is 12.2. The highest BCUT2D eigenvalue weighted by Crippen LogP contribution is 2.48. The van der Waals surface area contributed by atoms with E-state index in [1.165, 1.54) is 24.0 Å². The van der Waals surface area contributed by atoms with E-state index in [1.54, 1.807) is 0 Å². The third-order valence-corrected chi connectivity index (χ3v) is 7.88. The number of aliphatic hydroxyl groups is 2.